The molecule has 0 unspecified atom stereocenters. The van der Waals surface area contributed by atoms with E-state index in [2.05, 4.69) is 4.99 Å². The van der Waals surface area contributed by atoms with Gasteiger partial charge in [-0.15, -0.1) is 0 Å². The number of carbonyl (C=O) groups is 1. The Morgan fingerprint density at radius 2 is 1.68 bits per heavy atom. The Hall–Kier alpha value is -3.83. The van der Waals surface area contributed by atoms with Crippen molar-refractivity contribution in [2.75, 3.05) is 35.4 Å². The van der Waals surface area contributed by atoms with Gasteiger partial charge in [-0.25, -0.2) is 13.8 Å². The van der Waals surface area contributed by atoms with E-state index >= 15 is 0 Å². The highest BCUT2D eigenvalue weighted by Crippen LogP contribution is 2.39. The molecule has 3 aromatic rings. The SMILES string of the molecule is COc1cc(C2=N/C(=C\c3cn(S(=O)(=O)N(C)C)c4ccccc34)C(=O)O2)cc(OC)c1OC. The van der Waals surface area contributed by atoms with Gasteiger partial charge >= 0.3 is 16.2 Å². The third kappa shape index (κ3) is 3.88. The van der Waals surface area contributed by atoms with Gasteiger partial charge in [0.2, 0.25) is 11.6 Å². The van der Waals surface area contributed by atoms with E-state index in [0.29, 0.717) is 39.3 Å². The number of hydrogen-bond acceptors (Lipinski definition) is 8. The summed E-state index contributed by atoms with van der Waals surface area (Å²) in [6.07, 6.45) is 2.95. The van der Waals surface area contributed by atoms with Crippen LogP contribution in [0, 0.1) is 0 Å². The second-order valence-corrected chi connectivity index (χ2v) is 9.46. The lowest BCUT2D eigenvalue weighted by molar-refractivity contribution is -0.129. The van der Waals surface area contributed by atoms with E-state index < -0.39 is 16.2 Å². The van der Waals surface area contributed by atoms with Crippen LogP contribution < -0.4 is 14.2 Å². The molecule has 0 saturated carbocycles. The second kappa shape index (κ2) is 8.84. The van der Waals surface area contributed by atoms with Crippen LogP contribution in [-0.2, 0) is 19.7 Å². The molecule has 4 rings (SSSR count). The number of carbonyl (C=O) groups excluding carboxylic acids is 1. The number of para-hydroxylation sites is 1. The molecule has 34 heavy (non-hydrogen) atoms. The minimum atomic E-state index is -3.78. The summed E-state index contributed by atoms with van der Waals surface area (Å²) in [6, 6.07) is 10.2. The number of cyclic esters (lactones) is 1. The monoisotopic (exact) mass is 485 g/mol. The number of fused-ring (bicyclic) bond motifs is 1. The molecule has 0 saturated heterocycles. The summed E-state index contributed by atoms with van der Waals surface area (Å²) < 4.78 is 49.3. The maximum absolute atomic E-state index is 12.8. The van der Waals surface area contributed by atoms with Crippen molar-refractivity contribution in [2.24, 2.45) is 4.99 Å². The Kier molecular flexibility index (Phi) is 6.07. The third-order valence-electron chi connectivity index (χ3n) is 5.24. The van der Waals surface area contributed by atoms with Crippen molar-refractivity contribution < 1.29 is 32.2 Å². The summed E-state index contributed by atoms with van der Waals surface area (Å²) >= 11 is 0. The van der Waals surface area contributed by atoms with Crippen LogP contribution >= 0.6 is 0 Å². The fraction of sp³-hybridized carbons (Fsp3) is 0.217. The molecular weight excluding hydrogens is 462 g/mol. The zero-order valence-corrected chi connectivity index (χ0v) is 20.0. The summed E-state index contributed by atoms with van der Waals surface area (Å²) in [5, 5.41) is 0.643. The lowest BCUT2D eigenvalue weighted by Gasteiger charge is -2.13. The zero-order chi connectivity index (χ0) is 24.6. The quantitative estimate of drug-likeness (QED) is 0.374. The van der Waals surface area contributed by atoms with E-state index in [1.807, 2.05) is 0 Å². The van der Waals surface area contributed by atoms with Crippen LogP contribution in [0.25, 0.3) is 17.0 Å². The minimum absolute atomic E-state index is 0.0221. The predicted molar refractivity (Wildman–Crippen MR) is 127 cm³/mol. The molecule has 0 spiro atoms. The van der Waals surface area contributed by atoms with E-state index in [0.717, 1.165) is 4.31 Å². The number of methoxy groups -OCH3 is 3. The summed E-state index contributed by atoms with van der Waals surface area (Å²) in [4.78, 5) is 17.0. The van der Waals surface area contributed by atoms with E-state index in [1.54, 1.807) is 36.4 Å². The van der Waals surface area contributed by atoms with Crippen LogP contribution in [-0.4, -0.2) is 64.0 Å². The Morgan fingerprint density at radius 3 is 2.26 bits per heavy atom. The molecule has 0 amide bonds. The molecule has 0 bridgehead atoms. The highest BCUT2D eigenvalue weighted by Gasteiger charge is 2.28. The second-order valence-electron chi connectivity index (χ2n) is 7.44. The van der Waals surface area contributed by atoms with Crippen LogP contribution in [0.2, 0.25) is 0 Å². The molecule has 0 atom stereocenters. The first-order chi connectivity index (χ1) is 16.2. The highest BCUT2D eigenvalue weighted by molar-refractivity contribution is 7.87. The van der Waals surface area contributed by atoms with Crippen LogP contribution in [0.1, 0.15) is 11.1 Å². The number of esters is 1. The molecule has 2 aromatic carbocycles. The zero-order valence-electron chi connectivity index (χ0n) is 19.2. The van der Waals surface area contributed by atoms with E-state index in [-0.39, 0.29) is 11.6 Å². The van der Waals surface area contributed by atoms with Crippen molar-refractivity contribution in [1.29, 1.82) is 0 Å². The van der Waals surface area contributed by atoms with Gasteiger partial charge in [-0.3, -0.25) is 0 Å². The average molecular weight is 486 g/mol. The minimum Gasteiger partial charge on any atom is -0.493 e. The predicted octanol–water partition coefficient (Wildman–Crippen LogP) is 2.67. The van der Waals surface area contributed by atoms with Crippen molar-refractivity contribution in [1.82, 2.24) is 8.28 Å². The molecular formula is C23H23N3O7S. The number of ether oxygens (including phenoxy) is 4. The summed E-state index contributed by atoms with van der Waals surface area (Å²) in [6.45, 7) is 0. The normalized spacial score (nSPS) is 15.1. The lowest BCUT2D eigenvalue weighted by Crippen LogP contribution is -2.28. The third-order valence-corrected chi connectivity index (χ3v) is 6.97. The summed E-state index contributed by atoms with van der Waals surface area (Å²) in [5.41, 5.74) is 1.45. The number of hydrogen-bond donors (Lipinski definition) is 0. The molecule has 178 valence electrons. The van der Waals surface area contributed by atoms with Crippen molar-refractivity contribution in [3.63, 3.8) is 0 Å². The first-order valence-electron chi connectivity index (χ1n) is 10.1. The Morgan fingerprint density at radius 1 is 1.03 bits per heavy atom. The number of aromatic nitrogens is 1. The van der Waals surface area contributed by atoms with Crippen molar-refractivity contribution in [2.45, 2.75) is 0 Å². The van der Waals surface area contributed by atoms with Crippen LogP contribution in [0.3, 0.4) is 0 Å². The van der Waals surface area contributed by atoms with Gasteiger partial charge in [0.05, 0.1) is 26.8 Å². The van der Waals surface area contributed by atoms with Crippen molar-refractivity contribution >= 4 is 39.1 Å². The van der Waals surface area contributed by atoms with Gasteiger partial charge in [0, 0.05) is 36.8 Å². The van der Waals surface area contributed by atoms with Crippen LogP contribution in [0.4, 0.5) is 0 Å². The molecule has 0 N–H and O–H groups in total. The molecule has 0 radical (unpaired) electrons. The maximum Gasteiger partial charge on any atom is 0.363 e. The van der Waals surface area contributed by atoms with Gasteiger partial charge in [0.1, 0.15) is 0 Å². The molecule has 11 heteroatoms. The summed E-state index contributed by atoms with van der Waals surface area (Å²) in [5.74, 6) is 0.538. The largest absolute Gasteiger partial charge is 0.493 e. The molecule has 0 aliphatic carbocycles. The summed E-state index contributed by atoms with van der Waals surface area (Å²) in [7, 11) is 3.57. The number of nitrogens with zero attached hydrogens (tertiary/aromatic N) is 3. The standard InChI is InChI=1S/C23H23N3O7S/c1-25(2)34(28,29)26-13-15(16-8-6-7-9-18(16)26)10-17-23(27)33-22(24-17)14-11-19(30-3)21(32-5)20(12-14)31-4/h6-13H,1-5H3/b17-10-. The molecule has 1 aliphatic heterocycles. The maximum atomic E-state index is 12.8. The number of rotatable bonds is 7. The fourth-order valence-corrected chi connectivity index (χ4v) is 4.55. The van der Waals surface area contributed by atoms with Gasteiger partial charge in [-0.05, 0) is 24.3 Å². The van der Waals surface area contributed by atoms with Crippen LogP contribution in [0.15, 0.2) is 53.3 Å². The van der Waals surface area contributed by atoms with E-state index in [9.17, 15) is 13.2 Å². The van der Waals surface area contributed by atoms with Gasteiger partial charge in [0.25, 0.3) is 0 Å². The molecule has 1 aliphatic rings. The first-order valence-corrected chi connectivity index (χ1v) is 11.5. The lowest BCUT2D eigenvalue weighted by atomic mass is 10.1. The molecule has 0 fully saturated rings. The van der Waals surface area contributed by atoms with Crippen LogP contribution in [0.5, 0.6) is 17.2 Å². The van der Waals surface area contributed by atoms with Gasteiger partial charge < -0.3 is 18.9 Å². The first kappa shape index (κ1) is 23.3. The van der Waals surface area contributed by atoms with E-state index in [1.165, 1.54) is 51.7 Å². The topological polar surface area (TPSA) is 109 Å². The van der Waals surface area contributed by atoms with Gasteiger partial charge in [0.15, 0.2) is 17.2 Å². The average Bonchev–Trinajstić information content (AvgIpc) is 3.39. The molecule has 10 nitrogen and oxygen atoms in total. The Labute approximate surface area is 196 Å². The smallest absolute Gasteiger partial charge is 0.363 e. The Bertz CT molecular complexity index is 1430. The highest BCUT2D eigenvalue weighted by atomic mass is 32.2. The van der Waals surface area contributed by atoms with Crippen molar-refractivity contribution in [3.05, 3.63) is 59.4 Å². The number of aliphatic imine (C=N–C) groups is 1. The van der Waals surface area contributed by atoms with E-state index in [4.69, 9.17) is 18.9 Å². The van der Waals surface area contributed by atoms with Crippen molar-refractivity contribution in [3.8, 4) is 17.2 Å². The Balaban J connectivity index is 1.82. The fourth-order valence-electron chi connectivity index (χ4n) is 3.54. The molecule has 1 aromatic heterocycles. The van der Waals surface area contributed by atoms with Gasteiger partial charge in [-0.2, -0.15) is 12.7 Å². The van der Waals surface area contributed by atoms with Gasteiger partial charge in [-0.1, -0.05) is 18.2 Å². The number of benzene rings is 2. The molecule has 2 heterocycles.